The number of rotatable bonds is 4. The predicted molar refractivity (Wildman–Crippen MR) is 181 cm³/mol. The highest BCUT2D eigenvalue weighted by atomic mass is 79.9. The molecule has 2 aromatic carbocycles. The van der Waals surface area contributed by atoms with Crippen LogP contribution in [0.25, 0.3) is 0 Å². The summed E-state index contributed by atoms with van der Waals surface area (Å²) in [5, 5.41) is 10.8. The van der Waals surface area contributed by atoms with Crippen molar-refractivity contribution < 1.29 is 23.9 Å². The Morgan fingerprint density at radius 1 is 0.750 bits per heavy atom. The van der Waals surface area contributed by atoms with Gasteiger partial charge in [-0.15, -0.1) is 0 Å². The molecule has 4 rings (SSSR count). The number of halogens is 4. The van der Waals surface area contributed by atoms with Crippen LogP contribution in [-0.4, -0.2) is 72.0 Å². The first-order chi connectivity index (χ1) is 20.4. The molecule has 0 spiro atoms. The average molecular weight is 780 g/mol. The molecular formula is C30H39Br2Cl2N5O5. The molecule has 44 heavy (non-hydrogen) atoms. The normalized spacial score (nSPS) is 15.1. The second kappa shape index (κ2) is 15.2. The fourth-order valence-electron chi connectivity index (χ4n) is 4.41. The standard InChI is InChI=1S/C16H21BrClN3O3.C14H18BrClN2O2/c1-16(2,3)24-15(23)19-10-14(22)21-8-4-7-20(21)13-9-11(18)5-6-12(13)17;1-14(2,3)20-13(19)18-8-4-7-17(18)12-9-10(16)5-6-11(12)15/h5-6,9H,4,7-8,10H2,1-3H3,(H,19,23);5-6,9H,4,7-8H2,1-3H3. The second-order valence-corrected chi connectivity index (χ2v) is 14.7. The number of hydrogen-bond donors (Lipinski definition) is 1. The lowest BCUT2D eigenvalue weighted by molar-refractivity contribution is -0.129. The molecule has 0 unspecified atom stereocenters. The first kappa shape index (κ1) is 36.1. The predicted octanol–water partition coefficient (Wildman–Crippen LogP) is 8.05. The topological polar surface area (TPSA) is 94.7 Å². The Morgan fingerprint density at radius 2 is 1.20 bits per heavy atom. The molecule has 14 heteroatoms. The molecule has 2 aromatic rings. The molecular weight excluding hydrogens is 741 g/mol. The molecule has 0 bridgehead atoms. The highest BCUT2D eigenvalue weighted by Crippen LogP contribution is 2.34. The summed E-state index contributed by atoms with van der Waals surface area (Å²) in [5.74, 6) is -0.203. The summed E-state index contributed by atoms with van der Waals surface area (Å²) >= 11 is 19.1. The Balaban J connectivity index is 0.000000244. The third-order valence-electron chi connectivity index (χ3n) is 6.11. The summed E-state index contributed by atoms with van der Waals surface area (Å²) in [6, 6.07) is 11.0. The molecule has 3 amide bonds. The molecule has 2 heterocycles. The van der Waals surface area contributed by atoms with Crippen molar-refractivity contribution in [2.75, 3.05) is 42.7 Å². The van der Waals surface area contributed by atoms with Crippen LogP contribution >= 0.6 is 55.1 Å². The molecule has 2 saturated heterocycles. The van der Waals surface area contributed by atoms with Crippen molar-refractivity contribution in [3.63, 3.8) is 0 Å². The van der Waals surface area contributed by atoms with E-state index in [1.165, 1.54) is 0 Å². The van der Waals surface area contributed by atoms with E-state index in [0.717, 1.165) is 39.7 Å². The highest BCUT2D eigenvalue weighted by Gasteiger charge is 2.32. The maximum Gasteiger partial charge on any atom is 0.429 e. The van der Waals surface area contributed by atoms with Crippen LogP contribution in [0, 0.1) is 0 Å². The van der Waals surface area contributed by atoms with Gasteiger partial charge in [-0.25, -0.2) is 14.6 Å². The van der Waals surface area contributed by atoms with Crippen LogP contribution in [0.1, 0.15) is 54.4 Å². The van der Waals surface area contributed by atoms with E-state index in [2.05, 4.69) is 37.2 Å². The van der Waals surface area contributed by atoms with E-state index in [0.29, 0.717) is 29.7 Å². The van der Waals surface area contributed by atoms with Gasteiger partial charge in [0.1, 0.15) is 17.7 Å². The first-order valence-corrected chi connectivity index (χ1v) is 16.5. The number of nitrogens with one attached hydrogen (secondary N) is 1. The Kier molecular flexibility index (Phi) is 12.5. The van der Waals surface area contributed by atoms with Crippen LogP contribution in [0.5, 0.6) is 0 Å². The lowest BCUT2D eigenvalue weighted by Crippen LogP contribution is -2.47. The van der Waals surface area contributed by atoms with Crippen LogP contribution in [0.4, 0.5) is 21.0 Å². The fourth-order valence-corrected chi connectivity index (χ4v) is 5.64. The summed E-state index contributed by atoms with van der Waals surface area (Å²) in [6.07, 6.45) is 0.808. The van der Waals surface area contributed by atoms with E-state index in [-0.39, 0.29) is 18.5 Å². The number of ether oxygens (including phenoxy) is 2. The van der Waals surface area contributed by atoms with Gasteiger partial charge in [-0.2, -0.15) is 0 Å². The van der Waals surface area contributed by atoms with E-state index >= 15 is 0 Å². The van der Waals surface area contributed by atoms with Crippen molar-refractivity contribution in [3.8, 4) is 0 Å². The molecule has 0 atom stereocenters. The minimum absolute atomic E-state index is 0.121. The smallest absolute Gasteiger partial charge is 0.429 e. The van der Waals surface area contributed by atoms with Crippen LogP contribution in [0.2, 0.25) is 10.0 Å². The van der Waals surface area contributed by atoms with E-state index < -0.39 is 17.3 Å². The number of hydrogen-bond acceptors (Lipinski definition) is 7. The molecule has 2 aliphatic rings. The van der Waals surface area contributed by atoms with Crippen molar-refractivity contribution in [2.45, 2.75) is 65.6 Å². The van der Waals surface area contributed by atoms with Gasteiger partial charge in [-0.1, -0.05) is 23.2 Å². The van der Waals surface area contributed by atoms with Gasteiger partial charge in [-0.3, -0.25) is 19.8 Å². The number of carbonyl (C=O) groups excluding carboxylic acids is 3. The molecule has 2 aliphatic heterocycles. The van der Waals surface area contributed by atoms with Crippen molar-refractivity contribution in [1.29, 1.82) is 0 Å². The van der Waals surface area contributed by atoms with Crippen molar-refractivity contribution >= 4 is 84.5 Å². The molecule has 2 fully saturated rings. The van der Waals surface area contributed by atoms with Crippen LogP contribution in [0.15, 0.2) is 45.3 Å². The van der Waals surface area contributed by atoms with Gasteiger partial charge in [0.15, 0.2) is 0 Å². The fraction of sp³-hybridized carbons (Fsp3) is 0.500. The number of anilines is 2. The van der Waals surface area contributed by atoms with Crippen LogP contribution < -0.4 is 15.3 Å². The lowest BCUT2D eigenvalue weighted by atomic mass is 10.2. The molecule has 0 saturated carbocycles. The third-order valence-corrected chi connectivity index (χ3v) is 7.92. The van der Waals surface area contributed by atoms with Crippen LogP contribution in [-0.2, 0) is 14.3 Å². The summed E-state index contributed by atoms with van der Waals surface area (Å²) in [6.45, 7) is 13.5. The third kappa shape index (κ3) is 10.6. The maximum atomic E-state index is 12.5. The Hall–Kier alpha value is -2.41. The molecule has 0 aliphatic carbocycles. The molecule has 0 aromatic heterocycles. The summed E-state index contributed by atoms with van der Waals surface area (Å²) in [7, 11) is 0. The Labute approximate surface area is 286 Å². The van der Waals surface area contributed by atoms with Crippen molar-refractivity contribution in [1.82, 2.24) is 15.3 Å². The minimum atomic E-state index is -0.606. The number of nitrogens with zero attached hydrogens (tertiary/aromatic N) is 4. The largest absolute Gasteiger partial charge is 0.444 e. The first-order valence-electron chi connectivity index (χ1n) is 14.2. The SMILES string of the molecule is CC(C)(C)OC(=O)N1CCCN1c1cc(Cl)ccc1Br.CC(C)(C)OC(=O)NCC(=O)N1CCCN1c1cc(Cl)ccc1Br. The van der Waals surface area contributed by atoms with E-state index in [1.54, 1.807) is 42.9 Å². The minimum Gasteiger partial charge on any atom is -0.444 e. The van der Waals surface area contributed by atoms with Gasteiger partial charge in [-0.05, 0) is 123 Å². The Bertz CT molecular complexity index is 1350. The molecule has 10 nitrogen and oxygen atoms in total. The summed E-state index contributed by atoms with van der Waals surface area (Å²) in [5.41, 5.74) is 0.599. The lowest BCUT2D eigenvalue weighted by Gasteiger charge is -2.32. The van der Waals surface area contributed by atoms with Gasteiger partial charge >= 0.3 is 12.2 Å². The van der Waals surface area contributed by atoms with E-state index in [9.17, 15) is 14.4 Å². The number of alkyl carbamates (subject to hydrolysis) is 1. The van der Waals surface area contributed by atoms with E-state index in [1.807, 2.05) is 55.1 Å². The van der Waals surface area contributed by atoms with Gasteiger partial charge in [0, 0.05) is 45.2 Å². The highest BCUT2D eigenvalue weighted by molar-refractivity contribution is 9.11. The van der Waals surface area contributed by atoms with Crippen LogP contribution in [0.3, 0.4) is 0 Å². The molecule has 0 radical (unpaired) electrons. The van der Waals surface area contributed by atoms with Gasteiger partial charge in [0.25, 0.3) is 5.91 Å². The number of carbonyl (C=O) groups is 3. The quantitative estimate of drug-likeness (QED) is 0.336. The van der Waals surface area contributed by atoms with Crippen molar-refractivity contribution in [3.05, 3.63) is 55.4 Å². The summed E-state index contributed by atoms with van der Waals surface area (Å²) < 4.78 is 12.3. The van der Waals surface area contributed by atoms with Gasteiger partial charge < -0.3 is 14.8 Å². The van der Waals surface area contributed by atoms with Crippen molar-refractivity contribution in [2.24, 2.45) is 0 Å². The zero-order valence-corrected chi connectivity index (χ0v) is 30.4. The summed E-state index contributed by atoms with van der Waals surface area (Å²) in [4.78, 5) is 36.4. The van der Waals surface area contributed by atoms with Gasteiger partial charge in [0.2, 0.25) is 0 Å². The number of amides is 3. The monoisotopic (exact) mass is 777 g/mol. The number of hydrazine groups is 2. The average Bonchev–Trinajstić information content (AvgIpc) is 3.59. The molecule has 1 N–H and O–H groups in total. The Morgan fingerprint density at radius 3 is 1.68 bits per heavy atom. The molecule has 242 valence electrons. The zero-order valence-electron chi connectivity index (χ0n) is 25.8. The van der Waals surface area contributed by atoms with Gasteiger partial charge in [0.05, 0.1) is 11.4 Å². The zero-order chi connectivity index (χ0) is 32.8. The second-order valence-electron chi connectivity index (χ2n) is 12.1. The van der Waals surface area contributed by atoms with E-state index in [4.69, 9.17) is 32.7 Å². The number of benzene rings is 2. The maximum absolute atomic E-state index is 12.5.